The van der Waals surface area contributed by atoms with Crippen molar-refractivity contribution in [2.75, 3.05) is 7.11 Å². The average molecular weight is 482 g/mol. The molecule has 0 heterocycles. The smallest absolute Gasteiger partial charge is 0.333 e. The highest BCUT2D eigenvalue weighted by atomic mass is 35.5. The molecule has 0 fully saturated rings. The van der Waals surface area contributed by atoms with Gasteiger partial charge in [-0.1, -0.05) is 41.4 Å². The topological polar surface area (TPSA) is 88.0 Å². The summed E-state index contributed by atoms with van der Waals surface area (Å²) in [6.07, 6.45) is -0.460. The summed E-state index contributed by atoms with van der Waals surface area (Å²) in [5.41, 5.74) is 3.14. The van der Waals surface area contributed by atoms with Gasteiger partial charge in [-0.2, -0.15) is 0 Å². The number of aliphatic carboxylic acids is 1. The van der Waals surface area contributed by atoms with E-state index >= 15 is 0 Å². The number of carbonyl (C=O) groups is 1. The van der Waals surface area contributed by atoms with Crippen LogP contribution in [0.4, 0.5) is 0 Å². The molecular weight excluding hydrogens is 453 g/mol. The Morgan fingerprint density at radius 2 is 1.81 bits per heavy atom. The highest BCUT2D eigenvalue weighted by molar-refractivity contribution is 6.35. The van der Waals surface area contributed by atoms with Gasteiger partial charge in [-0.3, -0.25) is 0 Å². The van der Waals surface area contributed by atoms with Crippen LogP contribution >= 0.6 is 23.2 Å². The highest BCUT2D eigenvalue weighted by Gasteiger charge is 2.21. The van der Waals surface area contributed by atoms with E-state index in [1.165, 1.54) is 0 Å². The lowest BCUT2D eigenvalue weighted by atomic mass is 10.0. The van der Waals surface area contributed by atoms with Gasteiger partial charge in [0.1, 0.15) is 5.75 Å². The summed E-state index contributed by atoms with van der Waals surface area (Å²) >= 11 is 12.2. The van der Waals surface area contributed by atoms with Gasteiger partial charge in [0.15, 0.2) is 12.0 Å². The molecule has 0 aliphatic carbocycles. The molecule has 0 saturated carbocycles. The Morgan fingerprint density at radius 1 is 1.09 bits per heavy atom. The zero-order valence-electron chi connectivity index (χ0n) is 18.6. The van der Waals surface area contributed by atoms with Crippen molar-refractivity contribution in [1.29, 1.82) is 0 Å². The second-order valence-electron chi connectivity index (χ2n) is 7.76. The highest BCUT2D eigenvalue weighted by Crippen LogP contribution is 2.25. The Balaban J connectivity index is 2.13. The van der Waals surface area contributed by atoms with Crippen molar-refractivity contribution >= 4 is 29.2 Å². The van der Waals surface area contributed by atoms with E-state index in [0.29, 0.717) is 27.8 Å². The predicted molar refractivity (Wildman–Crippen MR) is 127 cm³/mol. The number of hydrogen-bond donors (Lipinski definition) is 3. The van der Waals surface area contributed by atoms with Gasteiger partial charge in [0, 0.05) is 35.0 Å². The van der Waals surface area contributed by atoms with Gasteiger partial charge >= 0.3 is 5.97 Å². The number of hydrogen-bond acceptors (Lipinski definition) is 5. The minimum Gasteiger partial charge on any atom is -0.496 e. The van der Waals surface area contributed by atoms with Crippen molar-refractivity contribution in [3.8, 4) is 5.75 Å². The Bertz CT molecular complexity index is 975. The second-order valence-corrected chi connectivity index (χ2v) is 8.60. The summed E-state index contributed by atoms with van der Waals surface area (Å²) in [5.74, 6) is -0.342. The first-order valence-electron chi connectivity index (χ1n) is 10.2. The van der Waals surface area contributed by atoms with Crippen molar-refractivity contribution < 1.29 is 24.5 Å². The van der Waals surface area contributed by atoms with Crippen LogP contribution in [0.15, 0.2) is 47.9 Å². The largest absolute Gasteiger partial charge is 0.496 e. The number of aliphatic hydroxyl groups is 1. The lowest BCUT2D eigenvalue weighted by Gasteiger charge is -2.18. The van der Waals surface area contributed by atoms with Gasteiger partial charge in [0.05, 0.1) is 13.2 Å². The standard InChI is InChI=1S/C24H29Cl2NO5/c1-14(2)32-22(24(29)30)11-16-5-8-21(31-4)18(10-16)13-27-23(28)15(3)9-17-6-7-19(25)12-20(17)26/h5-8,10,12,14,22,27-28H,9,11,13H2,1-4H3,(H,29,30)/b23-15-. The minimum atomic E-state index is -1.01. The number of carboxylic acid groups (broad SMARTS) is 1. The summed E-state index contributed by atoms with van der Waals surface area (Å²) in [6.45, 7) is 5.70. The number of halogens is 2. The number of aliphatic hydroxyl groups excluding tert-OH is 1. The molecule has 0 bridgehead atoms. The Labute approximate surface area is 198 Å². The van der Waals surface area contributed by atoms with Crippen molar-refractivity contribution in [2.45, 2.75) is 52.4 Å². The van der Waals surface area contributed by atoms with Gasteiger partial charge in [-0.05, 0) is 55.7 Å². The van der Waals surface area contributed by atoms with Crippen LogP contribution in [-0.2, 0) is 28.9 Å². The molecule has 8 heteroatoms. The van der Waals surface area contributed by atoms with Crippen LogP contribution in [0.5, 0.6) is 5.75 Å². The summed E-state index contributed by atoms with van der Waals surface area (Å²) in [4.78, 5) is 11.5. The van der Waals surface area contributed by atoms with Gasteiger partial charge in [0.2, 0.25) is 0 Å². The maximum absolute atomic E-state index is 11.5. The fourth-order valence-corrected chi connectivity index (χ4v) is 3.67. The predicted octanol–water partition coefficient (Wildman–Crippen LogP) is 5.54. The van der Waals surface area contributed by atoms with E-state index in [0.717, 1.165) is 16.7 Å². The third-order valence-electron chi connectivity index (χ3n) is 4.80. The van der Waals surface area contributed by atoms with Crippen molar-refractivity contribution in [2.24, 2.45) is 0 Å². The van der Waals surface area contributed by atoms with Crippen molar-refractivity contribution in [1.82, 2.24) is 5.32 Å². The molecule has 2 rings (SSSR count). The number of rotatable bonds is 11. The third kappa shape index (κ3) is 7.62. The van der Waals surface area contributed by atoms with Crippen LogP contribution < -0.4 is 10.1 Å². The molecule has 0 spiro atoms. The molecule has 1 unspecified atom stereocenters. The quantitative estimate of drug-likeness (QED) is 0.365. The normalized spacial score (nSPS) is 13.0. The molecule has 0 aromatic heterocycles. The Hall–Kier alpha value is -2.41. The first-order valence-corrected chi connectivity index (χ1v) is 11.0. The van der Waals surface area contributed by atoms with Crippen molar-refractivity contribution in [3.05, 3.63) is 74.6 Å². The van der Waals surface area contributed by atoms with Gasteiger partial charge in [0.25, 0.3) is 0 Å². The maximum Gasteiger partial charge on any atom is 0.333 e. The monoisotopic (exact) mass is 481 g/mol. The first kappa shape index (κ1) is 25.8. The molecule has 0 aliphatic rings. The number of carboxylic acids is 1. The Morgan fingerprint density at radius 3 is 2.41 bits per heavy atom. The van der Waals surface area contributed by atoms with E-state index < -0.39 is 12.1 Å². The Kier molecular flexibility index (Phi) is 9.69. The lowest BCUT2D eigenvalue weighted by Crippen LogP contribution is -2.29. The summed E-state index contributed by atoms with van der Waals surface area (Å²) in [7, 11) is 1.56. The fourth-order valence-electron chi connectivity index (χ4n) is 3.20. The zero-order chi connectivity index (χ0) is 23.8. The SMILES string of the molecule is COc1ccc(CC(OC(C)C)C(=O)O)cc1CN/C(O)=C(\C)Cc1ccc(Cl)cc1Cl. The molecule has 2 aromatic carbocycles. The number of nitrogens with one attached hydrogen (secondary N) is 1. The number of allylic oxidation sites excluding steroid dienone is 1. The molecule has 32 heavy (non-hydrogen) atoms. The summed E-state index contributed by atoms with van der Waals surface area (Å²) < 4.78 is 10.9. The molecule has 2 aromatic rings. The first-order chi connectivity index (χ1) is 15.1. The van der Waals surface area contributed by atoms with E-state index in [-0.39, 0.29) is 25.0 Å². The minimum absolute atomic E-state index is 0.0371. The zero-order valence-corrected chi connectivity index (χ0v) is 20.1. The van der Waals surface area contributed by atoms with E-state index in [2.05, 4.69) is 5.32 Å². The van der Waals surface area contributed by atoms with Gasteiger partial charge in [-0.25, -0.2) is 4.79 Å². The van der Waals surface area contributed by atoms with E-state index in [1.807, 2.05) is 25.1 Å². The molecule has 0 radical (unpaired) electrons. The van der Waals surface area contributed by atoms with Crippen LogP contribution in [-0.4, -0.2) is 35.5 Å². The number of benzene rings is 2. The van der Waals surface area contributed by atoms with Crippen LogP contribution in [0.3, 0.4) is 0 Å². The number of methoxy groups -OCH3 is 1. The molecule has 6 nitrogen and oxygen atoms in total. The van der Waals surface area contributed by atoms with E-state index in [9.17, 15) is 15.0 Å². The maximum atomic E-state index is 11.5. The molecule has 3 N–H and O–H groups in total. The fraction of sp³-hybridized carbons (Fsp3) is 0.375. The van der Waals surface area contributed by atoms with Crippen LogP contribution in [0, 0.1) is 0 Å². The second kappa shape index (κ2) is 12.0. The van der Waals surface area contributed by atoms with E-state index in [1.54, 1.807) is 39.2 Å². The van der Waals surface area contributed by atoms with Crippen molar-refractivity contribution in [3.63, 3.8) is 0 Å². The van der Waals surface area contributed by atoms with Crippen LogP contribution in [0.2, 0.25) is 10.0 Å². The summed E-state index contributed by atoms with van der Waals surface area (Å²) in [5, 5.41) is 24.0. The molecule has 1 atom stereocenters. The molecule has 174 valence electrons. The average Bonchev–Trinajstić information content (AvgIpc) is 2.73. The van der Waals surface area contributed by atoms with E-state index in [4.69, 9.17) is 32.7 Å². The van der Waals surface area contributed by atoms with Gasteiger partial charge < -0.3 is 25.0 Å². The molecule has 0 saturated heterocycles. The molecular formula is C24H29Cl2NO5. The molecule has 0 amide bonds. The summed E-state index contributed by atoms with van der Waals surface area (Å²) in [6, 6.07) is 10.7. The molecule has 0 aliphatic heterocycles. The lowest BCUT2D eigenvalue weighted by molar-refractivity contribution is -0.153. The van der Waals surface area contributed by atoms with Gasteiger partial charge in [-0.15, -0.1) is 0 Å². The van der Waals surface area contributed by atoms with Crippen LogP contribution in [0.1, 0.15) is 37.5 Å². The third-order valence-corrected chi connectivity index (χ3v) is 5.39. The number of ether oxygens (including phenoxy) is 2. The van der Waals surface area contributed by atoms with Crippen LogP contribution in [0.25, 0.3) is 0 Å².